The molecule has 104 valence electrons. The molecule has 2 aromatic rings. The second-order valence-corrected chi connectivity index (χ2v) is 5.56. The summed E-state index contributed by atoms with van der Waals surface area (Å²) < 4.78 is 13.6. The third kappa shape index (κ3) is 3.23. The lowest BCUT2D eigenvalue weighted by Gasteiger charge is -2.10. The molecule has 0 radical (unpaired) electrons. The van der Waals surface area contributed by atoms with Gasteiger partial charge in [0.05, 0.1) is 16.3 Å². The fourth-order valence-electron chi connectivity index (χ4n) is 1.52. The van der Waals surface area contributed by atoms with Gasteiger partial charge in [-0.15, -0.1) is 0 Å². The van der Waals surface area contributed by atoms with Crippen LogP contribution in [0, 0.1) is 5.82 Å². The lowest BCUT2D eigenvalue weighted by molar-refractivity contribution is 0.102. The van der Waals surface area contributed by atoms with E-state index in [9.17, 15) is 14.3 Å². The second kappa shape index (κ2) is 5.99. The highest BCUT2D eigenvalue weighted by Gasteiger charge is 2.15. The number of anilines is 1. The first-order chi connectivity index (χ1) is 9.38. The van der Waals surface area contributed by atoms with Crippen LogP contribution in [0.5, 0.6) is 5.75 Å². The Hall–Kier alpha value is -1.30. The first-order valence-electron chi connectivity index (χ1n) is 5.33. The molecule has 0 saturated heterocycles. The Bertz CT molecular complexity index is 694. The Labute approximate surface area is 132 Å². The van der Waals surface area contributed by atoms with Crippen molar-refractivity contribution in [1.82, 2.24) is 0 Å². The molecule has 0 spiro atoms. The van der Waals surface area contributed by atoms with E-state index in [4.69, 9.17) is 23.2 Å². The molecule has 2 rings (SSSR count). The molecular weight excluding hydrogens is 372 g/mol. The highest BCUT2D eigenvalue weighted by Crippen LogP contribution is 2.35. The Morgan fingerprint density at radius 3 is 2.65 bits per heavy atom. The van der Waals surface area contributed by atoms with E-state index in [1.54, 1.807) is 0 Å². The number of benzene rings is 2. The molecule has 1 amide bonds. The molecule has 2 N–H and O–H groups in total. The van der Waals surface area contributed by atoms with E-state index in [-0.39, 0.29) is 27.0 Å². The topological polar surface area (TPSA) is 49.3 Å². The Morgan fingerprint density at radius 2 is 1.95 bits per heavy atom. The van der Waals surface area contributed by atoms with Gasteiger partial charge < -0.3 is 10.4 Å². The van der Waals surface area contributed by atoms with E-state index < -0.39 is 11.7 Å². The summed E-state index contributed by atoms with van der Waals surface area (Å²) in [5.74, 6) is -1.46. The molecular formula is C13H7BrCl2FNO2. The fraction of sp³-hybridized carbons (Fsp3) is 0. The molecule has 0 heterocycles. The van der Waals surface area contributed by atoms with Gasteiger partial charge in [0.1, 0.15) is 5.82 Å². The molecule has 0 aliphatic rings. The van der Waals surface area contributed by atoms with Gasteiger partial charge in [0.15, 0.2) is 5.75 Å². The number of phenolic OH excluding ortho intramolecular Hbond substituents is 1. The highest BCUT2D eigenvalue weighted by molar-refractivity contribution is 9.10. The summed E-state index contributed by atoms with van der Waals surface area (Å²) in [6.07, 6.45) is 0. The number of rotatable bonds is 2. The number of halogens is 4. The molecule has 0 aromatic heterocycles. The normalized spacial score (nSPS) is 10.4. The minimum atomic E-state index is -0.606. The van der Waals surface area contributed by atoms with Gasteiger partial charge in [0.25, 0.3) is 5.91 Å². The van der Waals surface area contributed by atoms with Crippen molar-refractivity contribution >= 4 is 50.7 Å². The van der Waals surface area contributed by atoms with Crippen molar-refractivity contribution in [2.75, 3.05) is 5.32 Å². The first kappa shape index (κ1) is 15.1. The minimum absolute atomic E-state index is 0.00566. The summed E-state index contributed by atoms with van der Waals surface area (Å²) in [4.78, 5) is 12.1. The quantitative estimate of drug-likeness (QED) is 0.733. The van der Waals surface area contributed by atoms with Gasteiger partial charge in [-0.05, 0) is 46.3 Å². The molecule has 0 atom stereocenters. The smallest absolute Gasteiger partial charge is 0.257 e. The summed E-state index contributed by atoms with van der Waals surface area (Å²) >= 11 is 14.7. The van der Waals surface area contributed by atoms with Crippen molar-refractivity contribution in [2.24, 2.45) is 0 Å². The van der Waals surface area contributed by atoms with E-state index in [1.165, 1.54) is 24.3 Å². The lowest BCUT2D eigenvalue weighted by Crippen LogP contribution is -2.13. The molecule has 0 saturated carbocycles. The number of hydrogen-bond donors (Lipinski definition) is 2. The van der Waals surface area contributed by atoms with Gasteiger partial charge in [-0.1, -0.05) is 23.2 Å². The molecule has 0 aliphatic carbocycles. The van der Waals surface area contributed by atoms with Crippen LogP contribution in [0.4, 0.5) is 10.1 Å². The SMILES string of the molecule is O=C(Nc1cc(Cl)cc(Cl)c1O)c1cc(F)ccc1Br. The van der Waals surface area contributed by atoms with Crippen molar-refractivity contribution in [3.05, 3.63) is 56.2 Å². The summed E-state index contributed by atoms with van der Waals surface area (Å²) in [5, 5.41) is 12.4. The van der Waals surface area contributed by atoms with E-state index >= 15 is 0 Å². The van der Waals surface area contributed by atoms with Crippen LogP contribution in [0.25, 0.3) is 0 Å². The van der Waals surface area contributed by atoms with Crippen LogP contribution >= 0.6 is 39.1 Å². The van der Waals surface area contributed by atoms with Gasteiger partial charge in [0.2, 0.25) is 0 Å². The zero-order valence-corrected chi connectivity index (χ0v) is 12.9. The molecule has 3 nitrogen and oxygen atoms in total. The summed E-state index contributed by atoms with van der Waals surface area (Å²) in [6, 6.07) is 6.38. The molecule has 7 heteroatoms. The van der Waals surface area contributed by atoms with Crippen LogP contribution in [0.3, 0.4) is 0 Å². The van der Waals surface area contributed by atoms with Crippen molar-refractivity contribution in [2.45, 2.75) is 0 Å². The molecule has 0 fully saturated rings. The first-order valence-corrected chi connectivity index (χ1v) is 6.88. The van der Waals surface area contributed by atoms with Crippen LogP contribution in [-0.4, -0.2) is 11.0 Å². The van der Waals surface area contributed by atoms with Gasteiger partial charge in [0, 0.05) is 9.50 Å². The van der Waals surface area contributed by atoms with Crippen LogP contribution < -0.4 is 5.32 Å². The van der Waals surface area contributed by atoms with Crippen molar-refractivity contribution in [3.8, 4) is 5.75 Å². The number of hydrogen-bond acceptors (Lipinski definition) is 2. The average Bonchev–Trinajstić information content (AvgIpc) is 2.38. The predicted molar refractivity (Wildman–Crippen MR) is 80.2 cm³/mol. The summed E-state index contributed by atoms with van der Waals surface area (Å²) in [5.41, 5.74) is 0.129. The number of phenols is 1. The Morgan fingerprint density at radius 1 is 1.25 bits per heavy atom. The van der Waals surface area contributed by atoms with Crippen LogP contribution in [0.15, 0.2) is 34.8 Å². The largest absolute Gasteiger partial charge is 0.504 e. The maximum Gasteiger partial charge on any atom is 0.257 e. The minimum Gasteiger partial charge on any atom is -0.504 e. The zero-order chi connectivity index (χ0) is 14.9. The number of aromatic hydroxyl groups is 1. The van der Waals surface area contributed by atoms with Crippen molar-refractivity contribution in [3.63, 3.8) is 0 Å². The zero-order valence-electron chi connectivity index (χ0n) is 9.75. The number of nitrogens with one attached hydrogen (secondary N) is 1. The molecule has 0 bridgehead atoms. The van der Waals surface area contributed by atoms with Gasteiger partial charge in [-0.2, -0.15) is 0 Å². The maximum absolute atomic E-state index is 13.2. The lowest BCUT2D eigenvalue weighted by atomic mass is 10.2. The molecule has 20 heavy (non-hydrogen) atoms. The third-order valence-electron chi connectivity index (χ3n) is 2.45. The van der Waals surface area contributed by atoms with E-state index in [0.29, 0.717) is 4.47 Å². The van der Waals surface area contributed by atoms with Gasteiger partial charge >= 0.3 is 0 Å². The highest BCUT2D eigenvalue weighted by atomic mass is 79.9. The molecule has 0 unspecified atom stereocenters. The van der Waals surface area contributed by atoms with Gasteiger partial charge in [-0.25, -0.2) is 4.39 Å². The van der Waals surface area contributed by atoms with Crippen molar-refractivity contribution in [1.29, 1.82) is 0 Å². The predicted octanol–water partition coefficient (Wildman–Crippen LogP) is 4.85. The molecule has 2 aromatic carbocycles. The standard InChI is InChI=1S/C13H7BrCl2FNO2/c14-9-2-1-7(17)5-8(9)13(20)18-11-4-6(15)3-10(16)12(11)19/h1-5,19H,(H,18,20). The average molecular weight is 379 g/mol. The van der Waals surface area contributed by atoms with E-state index in [1.807, 2.05) is 0 Å². The Kier molecular flexibility index (Phi) is 4.52. The van der Waals surface area contributed by atoms with E-state index in [0.717, 1.165) is 6.07 Å². The second-order valence-electron chi connectivity index (χ2n) is 3.86. The third-order valence-corrected chi connectivity index (χ3v) is 3.65. The maximum atomic E-state index is 13.2. The van der Waals surface area contributed by atoms with Crippen LogP contribution in [0.1, 0.15) is 10.4 Å². The number of amides is 1. The summed E-state index contributed by atoms with van der Waals surface area (Å²) in [6.45, 7) is 0. The Balaban J connectivity index is 2.35. The molecule has 0 aliphatic heterocycles. The van der Waals surface area contributed by atoms with Gasteiger partial charge in [-0.3, -0.25) is 4.79 Å². The van der Waals surface area contributed by atoms with Crippen LogP contribution in [0.2, 0.25) is 10.0 Å². The number of carbonyl (C=O) groups excluding carboxylic acids is 1. The monoisotopic (exact) mass is 377 g/mol. The summed E-state index contributed by atoms with van der Waals surface area (Å²) in [7, 11) is 0. The number of carbonyl (C=O) groups is 1. The van der Waals surface area contributed by atoms with Crippen LogP contribution in [-0.2, 0) is 0 Å². The van der Waals surface area contributed by atoms with E-state index in [2.05, 4.69) is 21.2 Å². The van der Waals surface area contributed by atoms with Crippen molar-refractivity contribution < 1.29 is 14.3 Å². The fourth-order valence-corrected chi connectivity index (χ4v) is 2.44.